The van der Waals surface area contributed by atoms with Crippen LogP contribution in [0.15, 0.2) is 45.8 Å². The molecular weight excluding hydrogens is 343 g/mol. The largest absolute Gasteiger partial charge is 0.398 e. The Hall–Kier alpha value is -1.71. The highest BCUT2D eigenvalue weighted by Crippen LogP contribution is 2.24. The van der Waals surface area contributed by atoms with Crippen LogP contribution in [0.1, 0.15) is 11.1 Å². The summed E-state index contributed by atoms with van der Waals surface area (Å²) in [5.41, 5.74) is 6.37. The van der Waals surface area contributed by atoms with E-state index in [0.29, 0.717) is 10.6 Å². The Morgan fingerprint density at radius 1 is 1.35 bits per heavy atom. The third-order valence-electron chi connectivity index (χ3n) is 2.70. The Bertz CT molecular complexity index is 728. The van der Waals surface area contributed by atoms with Crippen LogP contribution in [0.2, 0.25) is 0 Å². The molecule has 0 saturated carbocycles. The normalized spacial score (nSPS) is 11.8. The summed E-state index contributed by atoms with van der Waals surface area (Å²) < 4.78 is 27.0. The first-order chi connectivity index (χ1) is 9.52. The van der Waals surface area contributed by atoms with Gasteiger partial charge in [0, 0.05) is 15.7 Å². The second-order valence-electron chi connectivity index (χ2n) is 4.06. The zero-order valence-corrected chi connectivity index (χ0v) is 12.7. The van der Waals surface area contributed by atoms with Gasteiger partial charge in [0.1, 0.15) is 11.9 Å². The summed E-state index contributed by atoms with van der Waals surface area (Å²) in [6, 6.07) is 11.2. The summed E-state index contributed by atoms with van der Waals surface area (Å²) in [6.45, 7) is 0. The molecule has 0 saturated heterocycles. The highest BCUT2D eigenvalue weighted by Gasteiger charge is 2.14. The van der Waals surface area contributed by atoms with Gasteiger partial charge in [0.25, 0.3) is 0 Å². The van der Waals surface area contributed by atoms with Crippen LogP contribution in [0.25, 0.3) is 0 Å². The number of hydrogen-bond acceptors (Lipinski definition) is 3. The molecule has 0 fully saturated rings. The molecule has 0 spiro atoms. The second kappa shape index (κ2) is 6.16. The number of nitriles is 1. The lowest BCUT2D eigenvalue weighted by molar-refractivity contribution is 0.611. The maximum Gasteiger partial charge on any atom is 0.145 e. The Kier molecular flexibility index (Phi) is 4.53. The molecule has 0 aromatic heterocycles. The minimum absolute atomic E-state index is 0.0206. The highest BCUT2D eigenvalue weighted by molar-refractivity contribution is 9.10. The van der Waals surface area contributed by atoms with Gasteiger partial charge >= 0.3 is 0 Å². The van der Waals surface area contributed by atoms with Gasteiger partial charge in [-0.3, -0.25) is 4.21 Å². The predicted molar refractivity (Wildman–Crippen MR) is 79.8 cm³/mol. The number of benzene rings is 2. The van der Waals surface area contributed by atoms with E-state index >= 15 is 0 Å². The molecule has 0 bridgehead atoms. The van der Waals surface area contributed by atoms with Gasteiger partial charge in [0.15, 0.2) is 0 Å². The van der Waals surface area contributed by atoms with E-state index < -0.39 is 16.6 Å². The first kappa shape index (κ1) is 14.7. The number of nitrogens with two attached hydrogens (primary N) is 1. The van der Waals surface area contributed by atoms with Gasteiger partial charge in [-0.05, 0) is 24.3 Å². The SMILES string of the molecule is N#Cc1cccc(CS(=O)c2ccc(Br)cc2N)c1F. The fourth-order valence-electron chi connectivity index (χ4n) is 1.72. The fourth-order valence-corrected chi connectivity index (χ4v) is 3.30. The van der Waals surface area contributed by atoms with Crippen molar-refractivity contribution in [3.05, 3.63) is 57.8 Å². The lowest BCUT2D eigenvalue weighted by atomic mass is 10.1. The van der Waals surface area contributed by atoms with E-state index in [9.17, 15) is 8.60 Å². The second-order valence-corrected chi connectivity index (χ2v) is 6.40. The maximum absolute atomic E-state index is 13.9. The molecule has 6 heteroatoms. The molecule has 0 heterocycles. The molecule has 0 aliphatic rings. The molecule has 20 heavy (non-hydrogen) atoms. The molecule has 1 atom stereocenters. The minimum Gasteiger partial charge on any atom is -0.398 e. The summed E-state index contributed by atoms with van der Waals surface area (Å²) in [6.07, 6.45) is 0. The monoisotopic (exact) mass is 352 g/mol. The molecule has 2 N–H and O–H groups in total. The number of nitrogens with zero attached hydrogens (tertiary/aromatic N) is 1. The van der Waals surface area contributed by atoms with Gasteiger partial charge in [0.05, 0.1) is 27.0 Å². The number of halogens is 2. The quantitative estimate of drug-likeness (QED) is 0.861. The minimum atomic E-state index is -1.47. The molecule has 2 aromatic carbocycles. The van der Waals surface area contributed by atoms with Crippen LogP contribution in [0.3, 0.4) is 0 Å². The van der Waals surface area contributed by atoms with E-state index in [0.717, 1.165) is 4.47 Å². The fraction of sp³-hybridized carbons (Fsp3) is 0.0714. The number of rotatable bonds is 3. The van der Waals surface area contributed by atoms with Gasteiger partial charge in [-0.1, -0.05) is 28.1 Å². The maximum atomic E-state index is 13.9. The molecule has 102 valence electrons. The van der Waals surface area contributed by atoms with Crippen LogP contribution in [0.5, 0.6) is 0 Å². The van der Waals surface area contributed by atoms with E-state index in [-0.39, 0.29) is 16.9 Å². The van der Waals surface area contributed by atoms with Crippen LogP contribution in [0.4, 0.5) is 10.1 Å². The van der Waals surface area contributed by atoms with Crippen molar-refractivity contribution in [1.82, 2.24) is 0 Å². The van der Waals surface area contributed by atoms with Crippen LogP contribution < -0.4 is 5.73 Å². The van der Waals surface area contributed by atoms with Crippen molar-refractivity contribution >= 4 is 32.4 Å². The average Bonchev–Trinajstić information content (AvgIpc) is 2.41. The van der Waals surface area contributed by atoms with Crippen LogP contribution in [-0.2, 0) is 16.6 Å². The molecule has 2 rings (SSSR count). The smallest absolute Gasteiger partial charge is 0.145 e. The summed E-state index contributed by atoms with van der Waals surface area (Å²) in [5, 5.41) is 8.78. The van der Waals surface area contributed by atoms with Crippen LogP contribution in [0, 0.1) is 17.1 Å². The topological polar surface area (TPSA) is 66.9 Å². The molecular formula is C14H10BrFN2OS. The summed E-state index contributed by atoms with van der Waals surface area (Å²) >= 11 is 3.27. The van der Waals surface area contributed by atoms with Gasteiger partial charge in [-0.2, -0.15) is 5.26 Å². The Labute approximate surface area is 126 Å². The van der Waals surface area contributed by atoms with Crippen LogP contribution in [-0.4, -0.2) is 4.21 Å². The van der Waals surface area contributed by atoms with Gasteiger partial charge in [-0.25, -0.2) is 4.39 Å². The summed E-state index contributed by atoms with van der Waals surface area (Å²) in [4.78, 5) is 0.454. The molecule has 0 aliphatic carbocycles. The van der Waals surface area contributed by atoms with Gasteiger partial charge < -0.3 is 5.73 Å². The van der Waals surface area contributed by atoms with E-state index in [1.54, 1.807) is 30.3 Å². The Morgan fingerprint density at radius 3 is 2.75 bits per heavy atom. The van der Waals surface area contributed by atoms with Crippen molar-refractivity contribution in [2.24, 2.45) is 0 Å². The van der Waals surface area contributed by atoms with Crippen molar-refractivity contribution in [1.29, 1.82) is 5.26 Å². The van der Waals surface area contributed by atoms with E-state index in [1.165, 1.54) is 12.1 Å². The molecule has 0 aliphatic heterocycles. The van der Waals surface area contributed by atoms with E-state index in [4.69, 9.17) is 11.0 Å². The molecule has 3 nitrogen and oxygen atoms in total. The molecule has 2 aromatic rings. The van der Waals surface area contributed by atoms with Crippen molar-refractivity contribution in [2.75, 3.05) is 5.73 Å². The standard InChI is InChI=1S/C14H10BrFN2OS/c15-11-4-5-13(12(18)6-11)20(19)8-10-3-1-2-9(7-17)14(10)16/h1-6H,8,18H2. The third kappa shape index (κ3) is 3.06. The zero-order valence-electron chi connectivity index (χ0n) is 10.3. The lowest BCUT2D eigenvalue weighted by Crippen LogP contribution is -2.03. The van der Waals surface area contributed by atoms with E-state index in [2.05, 4.69) is 15.9 Å². The lowest BCUT2D eigenvalue weighted by Gasteiger charge is -2.07. The van der Waals surface area contributed by atoms with Crippen LogP contribution >= 0.6 is 15.9 Å². The molecule has 1 unspecified atom stereocenters. The first-order valence-corrected chi connectivity index (χ1v) is 7.75. The summed E-state index contributed by atoms with van der Waals surface area (Å²) in [5.74, 6) is -0.647. The number of nitrogen functional groups attached to an aromatic ring is 1. The van der Waals surface area contributed by atoms with Crippen molar-refractivity contribution in [2.45, 2.75) is 10.6 Å². The Morgan fingerprint density at radius 2 is 2.10 bits per heavy atom. The van der Waals surface area contributed by atoms with Gasteiger partial charge in [-0.15, -0.1) is 0 Å². The predicted octanol–water partition coefficient (Wildman–Crippen LogP) is 3.35. The van der Waals surface area contributed by atoms with Crippen molar-refractivity contribution < 1.29 is 8.60 Å². The van der Waals surface area contributed by atoms with Gasteiger partial charge in [0.2, 0.25) is 0 Å². The third-order valence-corrected chi connectivity index (χ3v) is 4.63. The van der Waals surface area contributed by atoms with E-state index in [1.807, 2.05) is 0 Å². The molecule has 0 amide bonds. The first-order valence-electron chi connectivity index (χ1n) is 5.64. The summed E-state index contributed by atoms with van der Waals surface area (Å²) in [7, 11) is -1.47. The number of anilines is 1. The number of hydrogen-bond donors (Lipinski definition) is 1. The van der Waals surface area contributed by atoms with Crippen molar-refractivity contribution in [3.63, 3.8) is 0 Å². The Balaban J connectivity index is 2.31. The zero-order chi connectivity index (χ0) is 14.7. The highest BCUT2D eigenvalue weighted by atomic mass is 79.9. The van der Waals surface area contributed by atoms with Crippen molar-refractivity contribution in [3.8, 4) is 6.07 Å². The molecule has 0 radical (unpaired) electrons. The average molecular weight is 353 g/mol.